The molecule has 0 radical (unpaired) electrons. The highest BCUT2D eigenvalue weighted by atomic mass is 16.2. The fourth-order valence-electron chi connectivity index (χ4n) is 1.85. The van der Waals surface area contributed by atoms with Gasteiger partial charge in [0.2, 0.25) is 5.91 Å². The molecular weight excluding hydrogens is 250 g/mol. The summed E-state index contributed by atoms with van der Waals surface area (Å²) in [6, 6.07) is 15.6. The Balaban J connectivity index is 2.18. The third-order valence-electron chi connectivity index (χ3n) is 3.07. The van der Waals surface area contributed by atoms with E-state index in [-0.39, 0.29) is 5.91 Å². The molecule has 0 aromatic heterocycles. The molecule has 4 nitrogen and oxygen atoms in total. The van der Waals surface area contributed by atoms with Gasteiger partial charge in [0, 0.05) is 5.69 Å². The molecule has 0 aliphatic carbocycles. The van der Waals surface area contributed by atoms with Crippen molar-refractivity contribution in [1.29, 1.82) is 5.26 Å². The van der Waals surface area contributed by atoms with Crippen LogP contribution in [-0.2, 0) is 4.79 Å². The van der Waals surface area contributed by atoms with E-state index in [1.165, 1.54) is 0 Å². The number of aryl methyl sites for hydroxylation is 1. The van der Waals surface area contributed by atoms with Crippen LogP contribution in [0.3, 0.4) is 0 Å². The number of rotatable bonds is 3. The maximum absolute atomic E-state index is 12.1. The van der Waals surface area contributed by atoms with Crippen LogP contribution in [0, 0.1) is 18.3 Å². The normalized spacial score (nSPS) is 11.4. The van der Waals surface area contributed by atoms with Crippen molar-refractivity contribution in [3.8, 4) is 6.07 Å². The number of hydrogen-bond acceptors (Lipinski definition) is 3. The van der Waals surface area contributed by atoms with Crippen molar-refractivity contribution in [2.24, 2.45) is 5.73 Å². The Bertz CT molecular complexity index is 659. The highest BCUT2D eigenvalue weighted by Crippen LogP contribution is 2.19. The highest BCUT2D eigenvalue weighted by Gasteiger charge is 2.16. The molecule has 100 valence electrons. The molecule has 0 aliphatic rings. The zero-order valence-electron chi connectivity index (χ0n) is 11.1. The predicted molar refractivity (Wildman–Crippen MR) is 77.9 cm³/mol. The first-order valence-corrected chi connectivity index (χ1v) is 6.24. The lowest BCUT2D eigenvalue weighted by atomic mass is 10.1. The molecule has 2 aromatic rings. The van der Waals surface area contributed by atoms with Gasteiger partial charge in [-0.05, 0) is 30.2 Å². The summed E-state index contributed by atoms with van der Waals surface area (Å²) < 4.78 is 0. The van der Waals surface area contributed by atoms with Gasteiger partial charge in [-0.1, -0.05) is 36.4 Å². The van der Waals surface area contributed by atoms with Crippen LogP contribution in [0.5, 0.6) is 0 Å². The third-order valence-corrected chi connectivity index (χ3v) is 3.07. The van der Waals surface area contributed by atoms with Gasteiger partial charge in [-0.2, -0.15) is 5.26 Å². The first-order valence-electron chi connectivity index (χ1n) is 6.24. The lowest BCUT2D eigenvalue weighted by Gasteiger charge is -2.14. The first-order chi connectivity index (χ1) is 9.61. The summed E-state index contributed by atoms with van der Waals surface area (Å²) in [5.74, 6) is -0.297. The van der Waals surface area contributed by atoms with E-state index in [0.29, 0.717) is 11.3 Å². The van der Waals surface area contributed by atoms with Gasteiger partial charge in [0.15, 0.2) is 0 Å². The number of nitrogens with zero attached hydrogens (tertiary/aromatic N) is 1. The van der Waals surface area contributed by atoms with Gasteiger partial charge in [-0.15, -0.1) is 0 Å². The molecule has 0 unspecified atom stereocenters. The minimum Gasteiger partial charge on any atom is -0.324 e. The quantitative estimate of drug-likeness (QED) is 0.894. The van der Waals surface area contributed by atoms with Crippen LogP contribution < -0.4 is 11.1 Å². The number of nitrogens with one attached hydrogen (secondary N) is 1. The molecule has 2 aromatic carbocycles. The number of carbonyl (C=O) groups is 1. The molecule has 0 fully saturated rings. The average molecular weight is 265 g/mol. The van der Waals surface area contributed by atoms with Gasteiger partial charge in [-0.3, -0.25) is 4.79 Å². The van der Waals surface area contributed by atoms with E-state index in [2.05, 4.69) is 5.32 Å². The molecule has 3 N–H and O–H groups in total. The second kappa shape index (κ2) is 6.00. The zero-order chi connectivity index (χ0) is 14.5. The fourth-order valence-corrected chi connectivity index (χ4v) is 1.85. The standard InChI is InChI=1S/C16H15N3O/c1-11-7-8-12(10-17)9-14(11)19-16(20)15(18)13-5-3-2-4-6-13/h2-9,15H,18H2,1H3,(H,19,20)/t15-/m0/s1. The molecule has 0 spiro atoms. The smallest absolute Gasteiger partial charge is 0.245 e. The Hall–Kier alpha value is -2.64. The summed E-state index contributed by atoms with van der Waals surface area (Å²) in [6.45, 7) is 1.87. The van der Waals surface area contributed by atoms with E-state index in [0.717, 1.165) is 11.1 Å². The Morgan fingerprint density at radius 2 is 1.95 bits per heavy atom. The van der Waals surface area contributed by atoms with Crippen LogP contribution in [0.1, 0.15) is 22.7 Å². The van der Waals surface area contributed by atoms with Gasteiger partial charge in [0.05, 0.1) is 11.6 Å². The van der Waals surface area contributed by atoms with Crippen molar-refractivity contribution in [1.82, 2.24) is 0 Å². The van der Waals surface area contributed by atoms with E-state index in [9.17, 15) is 4.79 Å². The van der Waals surface area contributed by atoms with E-state index in [1.807, 2.05) is 43.3 Å². The second-order valence-electron chi connectivity index (χ2n) is 4.52. The van der Waals surface area contributed by atoms with Crippen LogP contribution in [0.4, 0.5) is 5.69 Å². The molecule has 0 aliphatic heterocycles. The number of carbonyl (C=O) groups excluding carboxylic acids is 1. The molecule has 20 heavy (non-hydrogen) atoms. The number of amides is 1. The minimum atomic E-state index is -0.735. The topological polar surface area (TPSA) is 78.9 Å². The average Bonchev–Trinajstić information content (AvgIpc) is 2.49. The number of nitriles is 1. The second-order valence-corrected chi connectivity index (χ2v) is 4.52. The Morgan fingerprint density at radius 1 is 1.25 bits per heavy atom. The van der Waals surface area contributed by atoms with Crippen molar-refractivity contribution in [3.63, 3.8) is 0 Å². The summed E-state index contributed by atoms with van der Waals surface area (Å²) >= 11 is 0. The van der Waals surface area contributed by atoms with E-state index in [4.69, 9.17) is 11.0 Å². The summed E-state index contributed by atoms with van der Waals surface area (Å²) in [4.78, 5) is 12.1. The predicted octanol–water partition coefficient (Wildman–Crippen LogP) is 2.51. The van der Waals surface area contributed by atoms with Gasteiger partial charge < -0.3 is 11.1 Å². The van der Waals surface area contributed by atoms with Crippen LogP contribution in [-0.4, -0.2) is 5.91 Å². The zero-order valence-corrected chi connectivity index (χ0v) is 11.1. The molecule has 0 saturated heterocycles. The van der Waals surface area contributed by atoms with Gasteiger partial charge in [0.1, 0.15) is 6.04 Å². The van der Waals surface area contributed by atoms with Crippen LogP contribution >= 0.6 is 0 Å². The van der Waals surface area contributed by atoms with Crippen molar-refractivity contribution < 1.29 is 4.79 Å². The molecule has 1 amide bonds. The lowest BCUT2D eigenvalue weighted by molar-refractivity contribution is -0.117. The monoisotopic (exact) mass is 265 g/mol. The van der Waals surface area contributed by atoms with Gasteiger partial charge in [0.25, 0.3) is 0 Å². The van der Waals surface area contributed by atoms with Crippen LogP contribution in [0.25, 0.3) is 0 Å². The molecule has 0 saturated carbocycles. The highest BCUT2D eigenvalue weighted by molar-refractivity contribution is 5.96. The van der Waals surface area contributed by atoms with Crippen molar-refractivity contribution in [3.05, 3.63) is 65.2 Å². The minimum absolute atomic E-state index is 0.297. The summed E-state index contributed by atoms with van der Waals surface area (Å²) in [7, 11) is 0. The van der Waals surface area contributed by atoms with Crippen molar-refractivity contribution >= 4 is 11.6 Å². The molecule has 1 atom stereocenters. The fraction of sp³-hybridized carbons (Fsp3) is 0.125. The molecular formula is C16H15N3O. The maximum Gasteiger partial charge on any atom is 0.245 e. The van der Waals surface area contributed by atoms with E-state index in [1.54, 1.807) is 18.2 Å². The van der Waals surface area contributed by atoms with Crippen LogP contribution in [0.2, 0.25) is 0 Å². The lowest BCUT2D eigenvalue weighted by Crippen LogP contribution is -2.28. The van der Waals surface area contributed by atoms with Gasteiger partial charge >= 0.3 is 0 Å². The van der Waals surface area contributed by atoms with E-state index >= 15 is 0 Å². The van der Waals surface area contributed by atoms with Crippen LogP contribution in [0.15, 0.2) is 48.5 Å². The van der Waals surface area contributed by atoms with Crippen molar-refractivity contribution in [2.75, 3.05) is 5.32 Å². The Kier molecular flexibility index (Phi) is 4.14. The van der Waals surface area contributed by atoms with E-state index < -0.39 is 6.04 Å². The Labute approximate surface area is 117 Å². The molecule has 0 heterocycles. The van der Waals surface area contributed by atoms with Crippen molar-refractivity contribution in [2.45, 2.75) is 13.0 Å². The number of anilines is 1. The molecule has 4 heteroatoms. The number of benzene rings is 2. The summed E-state index contributed by atoms with van der Waals surface area (Å²) in [5.41, 5.74) is 8.68. The number of hydrogen-bond donors (Lipinski definition) is 2. The largest absolute Gasteiger partial charge is 0.324 e. The summed E-state index contributed by atoms with van der Waals surface area (Å²) in [6.07, 6.45) is 0. The molecule has 2 rings (SSSR count). The molecule has 0 bridgehead atoms. The van der Waals surface area contributed by atoms with Gasteiger partial charge in [-0.25, -0.2) is 0 Å². The summed E-state index contributed by atoms with van der Waals surface area (Å²) in [5, 5.41) is 11.7. The number of nitrogens with two attached hydrogens (primary N) is 1. The SMILES string of the molecule is Cc1ccc(C#N)cc1NC(=O)[C@@H](N)c1ccccc1. The first kappa shape index (κ1) is 13.8. The Morgan fingerprint density at radius 3 is 2.60 bits per heavy atom. The third kappa shape index (κ3) is 3.02. The maximum atomic E-state index is 12.1.